The third-order valence-electron chi connectivity index (χ3n) is 4.40. The number of methoxy groups -OCH3 is 2. The van der Waals surface area contributed by atoms with E-state index in [0.29, 0.717) is 16.7 Å². The molecule has 0 unspecified atom stereocenters. The van der Waals surface area contributed by atoms with Crippen LogP contribution in [0.4, 0.5) is 11.5 Å². The number of nitrogens with one attached hydrogen (secondary N) is 3. The molecule has 4 rings (SSSR count). The summed E-state index contributed by atoms with van der Waals surface area (Å²) in [6.07, 6.45) is 1.66. The number of nitrogens with zero attached hydrogens (tertiary/aromatic N) is 1. The number of hydrogen-bond acceptors (Lipinski definition) is 4. The Morgan fingerprint density at radius 2 is 1.80 bits per heavy atom. The van der Waals surface area contributed by atoms with Gasteiger partial charge >= 0.3 is 0 Å². The fourth-order valence-corrected chi connectivity index (χ4v) is 3.36. The summed E-state index contributed by atoms with van der Waals surface area (Å²) in [6.45, 7) is 2.08. The molecule has 1 aromatic carbocycles. The van der Waals surface area contributed by atoms with E-state index in [4.69, 9.17) is 21.1 Å². The minimum Gasteiger partial charge on any atom is -0.493 e. The molecule has 6 nitrogen and oxygen atoms in total. The summed E-state index contributed by atoms with van der Waals surface area (Å²) in [5.41, 5.74) is 3.92. The van der Waals surface area contributed by atoms with Gasteiger partial charge in [0.1, 0.15) is 5.82 Å². The monoisotopic (exact) mass is 356 g/mol. The Morgan fingerprint density at radius 1 is 1.08 bits per heavy atom. The molecule has 2 aromatic rings. The Balaban J connectivity index is 1.88. The zero-order valence-corrected chi connectivity index (χ0v) is 14.8. The number of fused-ring (bicyclic) bond motifs is 3. The summed E-state index contributed by atoms with van der Waals surface area (Å²) in [7, 11) is 3.27. The van der Waals surface area contributed by atoms with Gasteiger partial charge in [-0.3, -0.25) is 10.2 Å². The molecule has 0 spiro atoms. The standard InChI is InChI=1S/C18H17ClN4O2/c1-9-10-7-13(24-2)14(25-3)8-11(10)16-15(9)18(23-22-16)21-12-5-4-6-20-17(12)19/h4-8,21-23H,1-3H3. The molecule has 128 valence electrons. The van der Waals surface area contributed by atoms with Gasteiger partial charge < -0.3 is 14.8 Å². The van der Waals surface area contributed by atoms with E-state index in [2.05, 4.69) is 27.4 Å². The summed E-state index contributed by atoms with van der Waals surface area (Å²) >= 11 is 6.16. The molecule has 2 heterocycles. The molecular formula is C18H17ClN4O2. The summed E-state index contributed by atoms with van der Waals surface area (Å²) in [6, 6.07) is 7.70. The third kappa shape index (κ3) is 2.37. The summed E-state index contributed by atoms with van der Waals surface area (Å²) in [4.78, 5) is 4.10. The van der Waals surface area contributed by atoms with Crippen LogP contribution in [0.2, 0.25) is 5.15 Å². The van der Waals surface area contributed by atoms with Gasteiger partial charge in [-0.25, -0.2) is 4.98 Å². The lowest BCUT2D eigenvalue weighted by atomic mass is 10.1. The molecule has 0 radical (unpaired) electrons. The van der Waals surface area contributed by atoms with Crippen molar-refractivity contribution >= 4 is 33.9 Å². The van der Waals surface area contributed by atoms with Gasteiger partial charge in [-0.1, -0.05) is 11.6 Å². The first-order valence-corrected chi connectivity index (χ1v) is 8.13. The van der Waals surface area contributed by atoms with Crippen molar-refractivity contribution in [2.45, 2.75) is 6.92 Å². The molecule has 3 N–H and O–H groups in total. The molecular weight excluding hydrogens is 340 g/mol. The van der Waals surface area contributed by atoms with Crippen molar-refractivity contribution in [1.29, 1.82) is 0 Å². The van der Waals surface area contributed by atoms with Crippen LogP contribution in [0.5, 0.6) is 11.5 Å². The number of hydrogen-bond donors (Lipinski definition) is 3. The Labute approximate surface area is 149 Å². The zero-order valence-electron chi connectivity index (χ0n) is 14.0. The smallest absolute Gasteiger partial charge is 0.161 e. The van der Waals surface area contributed by atoms with Gasteiger partial charge in [-0.2, -0.15) is 0 Å². The number of anilines is 2. The van der Waals surface area contributed by atoms with Gasteiger partial charge in [-0.15, -0.1) is 0 Å². The number of aryl methyl sites for hydroxylation is 1. The van der Waals surface area contributed by atoms with E-state index >= 15 is 0 Å². The van der Waals surface area contributed by atoms with Crippen LogP contribution in [0, 0.1) is 6.92 Å². The molecule has 7 heteroatoms. The van der Waals surface area contributed by atoms with Crippen LogP contribution in [-0.2, 0) is 0 Å². The SMILES string of the molecule is COc1cc2c3[nH][nH]c(Nc4cccnc4Cl)c-3c(C)c2cc1OC. The fourth-order valence-electron chi connectivity index (χ4n) is 3.19. The van der Waals surface area contributed by atoms with Crippen LogP contribution < -0.4 is 14.8 Å². The maximum Gasteiger partial charge on any atom is 0.161 e. The first-order chi connectivity index (χ1) is 12.1. The highest BCUT2D eigenvalue weighted by Gasteiger charge is 2.23. The number of pyridine rings is 1. The van der Waals surface area contributed by atoms with Crippen molar-refractivity contribution in [3.63, 3.8) is 0 Å². The topological polar surface area (TPSA) is 75.0 Å². The quantitative estimate of drug-likeness (QED) is 0.462. The molecule has 2 aliphatic rings. The summed E-state index contributed by atoms with van der Waals surface area (Å²) in [5, 5.41) is 12.3. The number of aromatic nitrogens is 3. The van der Waals surface area contributed by atoms with E-state index in [1.54, 1.807) is 20.4 Å². The molecule has 0 saturated heterocycles. The van der Waals surface area contributed by atoms with Crippen LogP contribution in [-0.4, -0.2) is 29.4 Å². The van der Waals surface area contributed by atoms with E-state index < -0.39 is 0 Å². The molecule has 0 amide bonds. The Hall–Kier alpha value is -2.86. The number of benzene rings is 1. The Bertz CT molecular complexity index is 1040. The highest BCUT2D eigenvalue weighted by molar-refractivity contribution is 6.32. The minimum atomic E-state index is 0.419. The number of aromatic amines is 2. The number of H-pyrrole nitrogens is 2. The van der Waals surface area contributed by atoms with Gasteiger partial charge in [0, 0.05) is 17.1 Å². The highest BCUT2D eigenvalue weighted by atomic mass is 35.5. The molecule has 25 heavy (non-hydrogen) atoms. The second-order valence-corrected chi connectivity index (χ2v) is 6.08. The van der Waals surface area contributed by atoms with Gasteiger partial charge in [-0.05, 0) is 42.1 Å². The van der Waals surface area contributed by atoms with Gasteiger partial charge in [0.25, 0.3) is 0 Å². The molecule has 1 aromatic heterocycles. The van der Waals surface area contributed by atoms with Crippen molar-refractivity contribution in [2.75, 3.05) is 19.5 Å². The predicted octanol–water partition coefficient (Wildman–Crippen LogP) is 4.72. The van der Waals surface area contributed by atoms with E-state index in [-0.39, 0.29) is 0 Å². The molecule has 0 bridgehead atoms. The van der Waals surface area contributed by atoms with Crippen molar-refractivity contribution in [2.24, 2.45) is 0 Å². The van der Waals surface area contributed by atoms with Crippen LogP contribution in [0.25, 0.3) is 22.0 Å². The van der Waals surface area contributed by atoms with Crippen LogP contribution in [0.3, 0.4) is 0 Å². The van der Waals surface area contributed by atoms with Gasteiger partial charge in [0.05, 0.1) is 25.6 Å². The molecule has 1 aliphatic heterocycles. The van der Waals surface area contributed by atoms with E-state index in [1.165, 1.54) is 0 Å². The normalized spacial score (nSPS) is 11.2. The molecule has 1 aliphatic carbocycles. The van der Waals surface area contributed by atoms with E-state index in [1.807, 2.05) is 24.3 Å². The lowest BCUT2D eigenvalue weighted by Gasteiger charge is -2.08. The number of halogens is 1. The fraction of sp³-hybridized carbons (Fsp3) is 0.167. The average molecular weight is 357 g/mol. The average Bonchev–Trinajstić information content (AvgIpc) is 3.16. The summed E-state index contributed by atoms with van der Waals surface area (Å²) < 4.78 is 10.9. The molecule has 0 fully saturated rings. The lowest BCUT2D eigenvalue weighted by molar-refractivity contribution is 0.356. The molecule has 0 atom stereocenters. The lowest BCUT2D eigenvalue weighted by Crippen LogP contribution is -1.94. The van der Waals surface area contributed by atoms with E-state index in [9.17, 15) is 0 Å². The van der Waals surface area contributed by atoms with Crippen molar-refractivity contribution in [1.82, 2.24) is 15.2 Å². The maximum absolute atomic E-state index is 6.16. The molecule has 0 saturated carbocycles. The van der Waals surface area contributed by atoms with Crippen LogP contribution in [0.1, 0.15) is 5.56 Å². The number of ether oxygens (including phenoxy) is 2. The van der Waals surface area contributed by atoms with Gasteiger partial charge in [0.2, 0.25) is 0 Å². The third-order valence-corrected chi connectivity index (χ3v) is 4.70. The zero-order chi connectivity index (χ0) is 17.6. The predicted molar refractivity (Wildman–Crippen MR) is 99.6 cm³/mol. The second kappa shape index (κ2) is 5.89. The second-order valence-electron chi connectivity index (χ2n) is 5.72. The minimum absolute atomic E-state index is 0.419. The van der Waals surface area contributed by atoms with Crippen molar-refractivity contribution in [3.05, 3.63) is 41.2 Å². The first kappa shape index (κ1) is 15.7. The summed E-state index contributed by atoms with van der Waals surface area (Å²) in [5.74, 6) is 2.23. The maximum atomic E-state index is 6.16. The highest BCUT2D eigenvalue weighted by Crippen LogP contribution is 2.46. The largest absolute Gasteiger partial charge is 0.493 e. The first-order valence-electron chi connectivity index (χ1n) is 7.76. The van der Waals surface area contributed by atoms with E-state index in [0.717, 1.165) is 39.1 Å². The van der Waals surface area contributed by atoms with Crippen LogP contribution >= 0.6 is 11.6 Å². The Morgan fingerprint density at radius 3 is 2.48 bits per heavy atom. The number of rotatable bonds is 4. The van der Waals surface area contributed by atoms with Crippen molar-refractivity contribution < 1.29 is 9.47 Å². The van der Waals surface area contributed by atoms with Gasteiger partial charge in [0.15, 0.2) is 16.7 Å². The Kier molecular flexibility index (Phi) is 3.69. The van der Waals surface area contributed by atoms with Crippen LogP contribution in [0.15, 0.2) is 30.5 Å². The van der Waals surface area contributed by atoms with Crippen molar-refractivity contribution in [3.8, 4) is 22.8 Å².